The molecule has 0 unspecified atom stereocenters. The Morgan fingerprint density at radius 3 is 1.19 bits per heavy atom. The van der Waals surface area contributed by atoms with Gasteiger partial charge in [0.2, 0.25) is 82.7 Å². The van der Waals surface area contributed by atoms with Gasteiger partial charge in [0.15, 0.2) is 11.9 Å². The fraction of sp³-hybridized carbons (Fsp3) is 0.494. The van der Waals surface area contributed by atoms with Gasteiger partial charge in [-0.25, -0.2) is 9.78 Å². The summed E-state index contributed by atoms with van der Waals surface area (Å²) in [5, 5.41) is 95.3. The van der Waals surface area contributed by atoms with Crippen LogP contribution >= 0.6 is 0 Å². The molecule has 0 spiro atoms. The van der Waals surface area contributed by atoms with Crippen LogP contribution in [-0.2, 0) is 112 Å². The molecule has 0 bridgehead atoms. The number of aliphatic carboxylic acids is 4. The Morgan fingerprint density at radius 1 is 0.382 bits per heavy atom. The lowest BCUT2D eigenvalue weighted by atomic mass is 9.99. The van der Waals surface area contributed by atoms with Crippen molar-refractivity contribution in [3.63, 3.8) is 0 Å². The first-order valence-corrected chi connectivity index (χ1v) is 42.5. The van der Waals surface area contributed by atoms with E-state index in [-0.39, 0.29) is 76.6 Å². The van der Waals surface area contributed by atoms with Crippen molar-refractivity contribution in [2.75, 3.05) is 13.1 Å². The number of hydrogen-bond acceptors (Lipinski definition) is 22. The fourth-order valence-electron chi connectivity index (χ4n) is 13.4. The maximum atomic E-state index is 15.1. The Labute approximate surface area is 754 Å². The van der Waals surface area contributed by atoms with Crippen LogP contribution in [0.5, 0.6) is 0 Å². The predicted octanol–water partition coefficient (Wildman–Crippen LogP) is -3.88. The monoisotopic (exact) mass is 1830 g/mol. The number of hydrogen-bond donors (Lipinski definition) is 27. The van der Waals surface area contributed by atoms with Crippen molar-refractivity contribution in [2.24, 2.45) is 35.0 Å². The molecule has 14 amide bonds. The van der Waals surface area contributed by atoms with Gasteiger partial charge >= 0.3 is 23.9 Å². The number of fused-ring (bicyclic) bond motifs is 1. The number of para-hydroxylation sites is 1. The number of nitrogens with two attached hydrogens (primary N) is 3. The van der Waals surface area contributed by atoms with Gasteiger partial charge in [0.25, 0.3) is 0 Å². The molecule has 0 aliphatic carbocycles. The zero-order valence-corrected chi connectivity index (χ0v) is 74.1. The van der Waals surface area contributed by atoms with Gasteiger partial charge in [-0.3, -0.25) is 92.3 Å². The SMILES string of the molecule is CC(C)C[C@H](NC(=O)[C@H](Cc1c[nH]c2ccccc12)NC(=O)[C@H](CCC(=O)O)NC(=O)[C@H](C)NC(=O)[C@H](C)N)C(=O)N[C@@H](CC(=O)O)C(=O)N[C@@H](C)C(=O)N[C@@H](Cc1ccccc1)C(=O)N[C@@H](Cc1ccccc1)C(=O)N[C@H](C(=O)N[C@@H](CCCNC(=N)N)C(=O)N[C@@H](Cc1cnc[nH]1)C(=O)N[C@H](C(=O)N[C@@H](CC(=O)O)C(=O)N[C@@H](CCCNC(=N)N)C(=O)O)C(C)C)C(C)C. The number of carboxylic acid groups (broad SMARTS) is 4. The first-order chi connectivity index (χ1) is 61.8. The highest BCUT2D eigenvalue weighted by Crippen LogP contribution is 2.21. The molecule has 30 N–H and O–H groups in total. The summed E-state index contributed by atoms with van der Waals surface area (Å²) in [5.41, 5.74) is 18.8. The highest BCUT2D eigenvalue weighted by Gasteiger charge is 2.40. The number of H-pyrrole nitrogens is 2. The molecule has 5 aromatic rings. The molecule has 5 rings (SSSR count). The van der Waals surface area contributed by atoms with E-state index in [0.29, 0.717) is 27.6 Å². The van der Waals surface area contributed by atoms with Crippen LogP contribution in [0, 0.1) is 28.6 Å². The van der Waals surface area contributed by atoms with Crippen molar-refractivity contribution in [1.82, 2.24) is 100 Å². The standard InChI is InChI=1S/C85H122N24O22/c1-42(2)32-57(102-77(124)60(35-50-39-94-53-25-17-16-24-52(50)53)104-73(120)55(28-29-64(110)111)98-70(117)46(8)96-69(116)45(7)86)75(122)106-62(37-65(112)113)74(121)97-47(9)71(118)101-58(33-48-20-12-10-13-21-48)76(123)103-59(34-49-22-14-11-15-23-49)79(126)108-67(43(3)4)81(128)99-54(26-18-30-92-84(87)88)72(119)105-61(36-51-40-91-41-95-51)80(127)109-68(44(5)6)82(129)107-63(38-66(114)115)78(125)100-56(83(130)131)27-19-31-93-85(89)90/h10-17,20-25,39-47,54-63,67-68,94H,18-19,26-38,86H2,1-9H3,(H,91,95)(H,96,116)(H,97,121)(H,98,117)(H,99,128)(H,100,125)(H,101,118)(H,102,124)(H,103,123)(H,104,120)(H,105,119)(H,106,122)(H,107,129)(H,108,126)(H,109,127)(H,110,111)(H,112,113)(H,114,115)(H,130,131)(H4,87,88,92)(H4,89,90,93)/t45-,46-,47-,54-,55-,56-,57-,58-,59-,60-,61-,62-,63-,67-,68-/m0/s1. The molecular formula is C85H122N24O22. The molecule has 46 nitrogen and oxygen atoms in total. The molecule has 46 heteroatoms. The van der Waals surface area contributed by atoms with Crippen molar-refractivity contribution in [3.8, 4) is 0 Å². The van der Waals surface area contributed by atoms with Gasteiger partial charge in [-0.2, -0.15) is 0 Å². The second kappa shape index (κ2) is 53.2. The molecular weight excluding hydrogens is 1710 g/mol. The average molecular weight is 1830 g/mol. The molecule has 0 radical (unpaired) electrons. The number of carbonyl (C=O) groups is 18. The Bertz CT molecular complexity index is 4800. The largest absolute Gasteiger partial charge is 0.481 e. The van der Waals surface area contributed by atoms with Crippen molar-refractivity contribution in [3.05, 3.63) is 126 Å². The molecule has 2 heterocycles. The van der Waals surface area contributed by atoms with Crippen LogP contribution in [0.1, 0.15) is 142 Å². The van der Waals surface area contributed by atoms with E-state index in [1.54, 1.807) is 119 Å². The minimum absolute atomic E-state index is 0.0149. The van der Waals surface area contributed by atoms with Crippen LogP contribution in [0.4, 0.5) is 0 Å². The Kier molecular flexibility index (Phi) is 43.4. The van der Waals surface area contributed by atoms with Crippen molar-refractivity contribution >= 4 is 129 Å². The summed E-state index contributed by atoms with van der Waals surface area (Å²) in [6.45, 7) is 13.3. The number of imidazole rings is 1. The summed E-state index contributed by atoms with van der Waals surface area (Å²) < 4.78 is 0. The number of aromatic amines is 2. The number of nitrogens with zero attached hydrogens (tertiary/aromatic N) is 1. The number of benzene rings is 3. The third-order valence-electron chi connectivity index (χ3n) is 20.4. The van der Waals surface area contributed by atoms with Gasteiger partial charge in [-0.15, -0.1) is 0 Å². The number of amides is 14. The quantitative estimate of drug-likeness (QED) is 0.0101. The Morgan fingerprint density at radius 2 is 0.748 bits per heavy atom. The minimum Gasteiger partial charge on any atom is -0.481 e. The highest BCUT2D eigenvalue weighted by molar-refractivity contribution is 6.02. The van der Waals surface area contributed by atoms with E-state index in [0.717, 1.165) is 0 Å². The van der Waals surface area contributed by atoms with Crippen LogP contribution in [-0.4, -0.2) is 258 Å². The molecule has 15 atom stereocenters. The summed E-state index contributed by atoms with van der Waals surface area (Å²) in [6.07, 6.45) is -0.864. The smallest absolute Gasteiger partial charge is 0.326 e. The van der Waals surface area contributed by atoms with E-state index in [9.17, 15) is 97.1 Å². The molecule has 0 aliphatic rings. The number of aromatic nitrogens is 3. The molecule has 131 heavy (non-hydrogen) atoms. The zero-order chi connectivity index (χ0) is 97.5. The minimum atomic E-state index is -1.98. The van der Waals surface area contributed by atoms with E-state index >= 15 is 9.59 Å². The number of rotatable bonds is 56. The van der Waals surface area contributed by atoms with Crippen LogP contribution in [0.15, 0.2) is 104 Å². The number of carboxylic acids is 4. The van der Waals surface area contributed by atoms with Crippen molar-refractivity contribution in [1.29, 1.82) is 10.8 Å². The normalized spacial score (nSPS) is 14.6. The summed E-state index contributed by atoms with van der Waals surface area (Å²) >= 11 is 0. The second-order valence-electron chi connectivity index (χ2n) is 32.6. The second-order valence-corrected chi connectivity index (χ2v) is 32.6. The van der Waals surface area contributed by atoms with Gasteiger partial charge in [0.05, 0.1) is 25.2 Å². The fourth-order valence-corrected chi connectivity index (χ4v) is 13.4. The molecule has 714 valence electrons. The van der Waals surface area contributed by atoms with Gasteiger partial charge in [0.1, 0.15) is 84.6 Å². The predicted molar refractivity (Wildman–Crippen MR) is 473 cm³/mol. The Hall–Kier alpha value is -14.6. The maximum Gasteiger partial charge on any atom is 0.326 e. The lowest BCUT2D eigenvalue weighted by molar-refractivity contribution is -0.144. The maximum absolute atomic E-state index is 15.1. The molecule has 0 saturated carbocycles. The van der Waals surface area contributed by atoms with E-state index in [1.165, 1.54) is 47.1 Å². The van der Waals surface area contributed by atoms with Crippen molar-refractivity contribution < 1.29 is 107 Å². The Balaban J connectivity index is 1.40. The summed E-state index contributed by atoms with van der Waals surface area (Å²) in [5.74, 6) is -23.3. The van der Waals surface area contributed by atoms with Crippen LogP contribution in [0.2, 0.25) is 0 Å². The molecule has 2 aromatic heterocycles. The summed E-state index contributed by atoms with van der Waals surface area (Å²) in [7, 11) is 0. The lowest BCUT2D eigenvalue weighted by Gasteiger charge is -2.30. The number of nitrogens with one attached hydrogen (secondary N) is 20. The number of guanidine groups is 2. The molecule has 0 saturated heterocycles. The lowest BCUT2D eigenvalue weighted by Crippen LogP contribution is -2.62. The number of carbonyl (C=O) groups excluding carboxylic acids is 14. The summed E-state index contributed by atoms with van der Waals surface area (Å²) in [4.78, 5) is 259. The van der Waals surface area contributed by atoms with E-state index < -0.39 is 253 Å². The van der Waals surface area contributed by atoms with E-state index in [2.05, 4.69) is 100 Å². The summed E-state index contributed by atoms with van der Waals surface area (Å²) in [6, 6.07) is -0.424. The first kappa shape index (κ1) is 107. The van der Waals surface area contributed by atoms with Crippen LogP contribution in [0.3, 0.4) is 0 Å². The highest BCUT2D eigenvalue weighted by atomic mass is 16.4. The topological polar surface area (TPSA) is 751 Å². The first-order valence-electron chi connectivity index (χ1n) is 42.5. The average Bonchev–Trinajstić information content (AvgIpc) is 1.70. The van der Waals surface area contributed by atoms with Crippen LogP contribution < -0.4 is 102 Å². The van der Waals surface area contributed by atoms with Gasteiger partial charge in [-0.05, 0) is 99.8 Å². The molecule has 3 aromatic carbocycles. The van der Waals surface area contributed by atoms with E-state index in [4.69, 9.17) is 28.0 Å². The molecule has 0 aliphatic heterocycles. The third-order valence-corrected chi connectivity index (χ3v) is 20.4. The van der Waals surface area contributed by atoms with Gasteiger partial charge in [0, 0.05) is 74.2 Å². The third kappa shape index (κ3) is 37.3. The van der Waals surface area contributed by atoms with Gasteiger partial charge in [-0.1, -0.05) is 120 Å². The van der Waals surface area contributed by atoms with Crippen molar-refractivity contribution in [2.45, 2.75) is 236 Å². The van der Waals surface area contributed by atoms with E-state index in [1.807, 2.05) is 0 Å². The van der Waals surface area contributed by atoms with Crippen LogP contribution in [0.25, 0.3) is 10.9 Å². The molecule has 0 fully saturated rings. The zero-order valence-electron chi connectivity index (χ0n) is 74.1. The van der Waals surface area contributed by atoms with Gasteiger partial charge < -0.3 is 133 Å².